The number of hydrogen-bond donors (Lipinski definition) is 0. The minimum atomic E-state index is -0.692. The summed E-state index contributed by atoms with van der Waals surface area (Å²) < 4.78 is 35.2. The predicted octanol–water partition coefficient (Wildman–Crippen LogP) is 2.15. The van der Waals surface area contributed by atoms with Crippen LogP contribution in [-0.4, -0.2) is 81.9 Å². The molecule has 3 fully saturated rings. The van der Waals surface area contributed by atoms with E-state index in [1.165, 1.54) is 0 Å². The number of methoxy groups -OCH3 is 1. The van der Waals surface area contributed by atoms with Crippen LogP contribution in [0.1, 0.15) is 18.8 Å². The van der Waals surface area contributed by atoms with Crippen LogP contribution in [0.4, 0.5) is 0 Å². The number of nitrogens with zero attached hydrogens (tertiary/aromatic N) is 1. The molecule has 0 saturated carbocycles. The molecule has 6 atom stereocenters. The number of hydrogen-bond acceptors (Lipinski definition) is 7. The first-order valence-corrected chi connectivity index (χ1v) is 10.4. The fourth-order valence-electron chi connectivity index (χ4n) is 4.44. The molecule has 4 rings (SSSR count). The van der Waals surface area contributed by atoms with Gasteiger partial charge in [0, 0.05) is 12.7 Å². The third-order valence-electron chi connectivity index (χ3n) is 5.91. The molecule has 0 spiro atoms. The van der Waals surface area contributed by atoms with Crippen molar-refractivity contribution in [2.75, 3.05) is 46.6 Å². The van der Waals surface area contributed by atoms with E-state index in [4.69, 9.17) is 28.4 Å². The van der Waals surface area contributed by atoms with E-state index >= 15 is 0 Å². The van der Waals surface area contributed by atoms with E-state index < -0.39 is 41.6 Å². The van der Waals surface area contributed by atoms with Gasteiger partial charge in [-0.25, -0.2) is 0 Å². The molecule has 0 N–H and O–H groups in total. The van der Waals surface area contributed by atoms with Crippen LogP contribution in [0.2, 0.25) is 0 Å². The van der Waals surface area contributed by atoms with Gasteiger partial charge in [-0.05, 0) is 6.92 Å². The smallest absolute Gasteiger partial charge is 0.189 e. The summed E-state index contributed by atoms with van der Waals surface area (Å²) in [6.45, 7) is 7.90. The molecule has 8 nitrogen and oxygen atoms in total. The van der Waals surface area contributed by atoms with Crippen LogP contribution in [0.5, 0.6) is 0 Å². The molecule has 1 unspecified atom stereocenters. The van der Waals surface area contributed by atoms with Gasteiger partial charge in [-0.15, -0.1) is 0 Å². The zero-order valence-electron chi connectivity index (χ0n) is 17.6. The van der Waals surface area contributed by atoms with E-state index in [2.05, 4.69) is 6.58 Å². The molecular weight excluding hydrogens is 390 g/mol. The SMILES string of the molecule is C=C(C)CO[C@@H]1[C@@H](OC)O[C@@H]2COC(c3ccccc3)O[C@H]2[C@H]1[N+]1([O-])CCOCC1. The van der Waals surface area contributed by atoms with Crippen LogP contribution in [-0.2, 0) is 28.4 Å². The lowest BCUT2D eigenvalue weighted by Gasteiger charge is -2.59. The van der Waals surface area contributed by atoms with Crippen LogP contribution >= 0.6 is 0 Å². The Morgan fingerprint density at radius 3 is 2.60 bits per heavy atom. The molecule has 8 heteroatoms. The Balaban J connectivity index is 1.65. The summed E-state index contributed by atoms with van der Waals surface area (Å²) in [5, 5.41) is 14.0. The quantitative estimate of drug-likeness (QED) is 0.396. The molecule has 3 aliphatic heterocycles. The van der Waals surface area contributed by atoms with Crippen molar-refractivity contribution in [2.45, 2.75) is 43.9 Å². The van der Waals surface area contributed by atoms with Crippen molar-refractivity contribution in [1.29, 1.82) is 0 Å². The number of rotatable bonds is 6. The fourth-order valence-corrected chi connectivity index (χ4v) is 4.44. The molecule has 1 aromatic carbocycles. The van der Waals surface area contributed by atoms with Crippen LogP contribution in [0, 0.1) is 5.21 Å². The third-order valence-corrected chi connectivity index (χ3v) is 5.91. The summed E-state index contributed by atoms with van der Waals surface area (Å²) in [4.78, 5) is 0. The van der Waals surface area contributed by atoms with Crippen molar-refractivity contribution in [3.63, 3.8) is 0 Å². The maximum Gasteiger partial charge on any atom is 0.189 e. The lowest BCUT2D eigenvalue weighted by molar-refractivity contribution is -0.924. The van der Waals surface area contributed by atoms with Crippen molar-refractivity contribution in [1.82, 2.24) is 0 Å². The number of hydroxylamine groups is 3. The highest BCUT2D eigenvalue weighted by Gasteiger charge is 2.57. The molecule has 0 aliphatic carbocycles. The van der Waals surface area contributed by atoms with Gasteiger partial charge in [0.25, 0.3) is 0 Å². The van der Waals surface area contributed by atoms with E-state index in [1.54, 1.807) is 7.11 Å². The third kappa shape index (κ3) is 4.46. The molecule has 3 saturated heterocycles. The first-order chi connectivity index (χ1) is 14.5. The van der Waals surface area contributed by atoms with Crippen molar-refractivity contribution in [3.8, 4) is 0 Å². The fraction of sp³-hybridized carbons (Fsp3) is 0.636. The highest BCUT2D eigenvalue weighted by molar-refractivity contribution is 5.16. The zero-order chi connectivity index (χ0) is 21.1. The molecule has 0 amide bonds. The van der Waals surface area contributed by atoms with Gasteiger partial charge < -0.3 is 38.3 Å². The topological polar surface area (TPSA) is 78.4 Å². The first-order valence-electron chi connectivity index (χ1n) is 10.4. The maximum absolute atomic E-state index is 14.0. The van der Waals surface area contributed by atoms with Crippen molar-refractivity contribution in [3.05, 3.63) is 53.3 Å². The predicted molar refractivity (Wildman–Crippen MR) is 108 cm³/mol. The highest BCUT2D eigenvalue weighted by Crippen LogP contribution is 2.39. The van der Waals surface area contributed by atoms with Gasteiger partial charge in [-0.1, -0.05) is 42.5 Å². The van der Waals surface area contributed by atoms with Gasteiger partial charge in [0.15, 0.2) is 18.7 Å². The van der Waals surface area contributed by atoms with Gasteiger partial charge in [0.2, 0.25) is 0 Å². The maximum atomic E-state index is 14.0. The Morgan fingerprint density at radius 1 is 1.20 bits per heavy atom. The first kappa shape index (κ1) is 21.9. The lowest BCUT2D eigenvalue weighted by atomic mass is 9.92. The highest BCUT2D eigenvalue weighted by atomic mass is 16.8. The number of fused-ring (bicyclic) bond motifs is 1. The molecule has 30 heavy (non-hydrogen) atoms. The molecule has 0 radical (unpaired) electrons. The molecule has 0 aromatic heterocycles. The minimum Gasteiger partial charge on any atom is -0.632 e. The zero-order valence-corrected chi connectivity index (χ0v) is 17.6. The number of morpholine rings is 1. The number of ether oxygens (including phenoxy) is 6. The second-order valence-electron chi connectivity index (χ2n) is 8.19. The van der Waals surface area contributed by atoms with E-state index in [1.807, 2.05) is 37.3 Å². The van der Waals surface area contributed by atoms with Crippen LogP contribution < -0.4 is 0 Å². The Kier molecular flexibility index (Phi) is 6.86. The van der Waals surface area contributed by atoms with Gasteiger partial charge >= 0.3 is 0 Å². The minimum absolute atomic E-state index is 0.310. The largest absolute Gasteiger partial charge is 0.632 e. The Bertz CT molecular complexity index is 709. The molecule has 1 aromatic rings. The van der Waals surface area contributed by atoms with Gasteiger partial charge in [0.05, 0.1) is 26.4 Å². The summed E-state index contributed by atoms with van der Waals surface area (Å²) >= 11 is 0. The Hall–Kier alpha value is -1.36. The van der Waals surface area contributed by atoms with Crippen LogP contribution in [0.25, 0.3) is 0 Å². The summed E-state index contributed by atoms with van der Waals surface area (Å²) in [5.41, 5.74) is 1.77. The van der Waals surface area contributed by atoms with Gasteiger partial charge in [-0.2, -0.15) is 0 Å². The van der Waals surface area contributed by atoms with E-state index in [9.17, 15) is 5.21 Å². The van der Waals surface area contributed by atoms with E-state index in [0.717, 1.165) is 11.1 Å². The lowest BCUT2D eigenvalue weighted by Crippen LogP contribution is -2.74. The normalized spacial score (nSPS) is 36.1. The summed E-state index contributed by atoms with van der Waals surface area (Å²) in [7, 11) is 1.56. The summed E-state index contributed by atoms with van der Waals surface area (Å²) in [5.74, 6) is 0. The number of quaternary nitrogens is 1. The molecular formula is C22H31NO7. The van der Waals surface area contributed by atoms with E-state index in [0.29, 0.717) is 39.5 Å². The van der Waals surface area contributed by atoms with Crippen molar-refractivity contribution < 1.29 is 33.1 Å². The van der Waals surface area contributed by atoms with Crippen LogP contribution in [0.15, 0.2) is 42.5 Å². The Labute approximate surface area is 177 Å². The summed E-state index contributed by atoms with van der Waals surface area (Å²) in [6, 6.07) is 9.18. The average Bonchev–Trinajstić information content (AvgIpc) is 2.77. The van der Waals surface area contributed by atoms with Crippen molar-refractivity contribution in [2.24, 2.45) is 0 Å². The van der Waals surface area contributed by atoms with Gasteiger partial charge in [-0.3, -0.25) is 0 Å². The molecule has 3 aliphatic rings. The second kappa shape index (κ2) is 9.42. The Morgan fingerprint density at radius 2 is 1.93 bits per heavy atom. The molecule has 3 heterocycles. The van der Waals surface area contributed by atoms with E-state index in [-0.39, 0.29) is 0 Å². The molecule has 166 valence electrons. The summed E-state index contributed by atoms with van der Waals surface area (Å²) in [6.07, 6.45) is -2.77. The van der Waals surface area contributed by atoms with Crippen molar-refractivity contribution >= 4 is 0 Å². The standard InChI is InChI=1S/C22H31NO7/c1-15(2)13-27-20-18(23(24)9-11-26-12-10-23)19-17(29-22(20)25-3)14-28-21(30-19)16-7-5-4-6-8-16/h4-8,17-22H,1,9-14H2,2-3H3/t17-,18-,19-,20+,21?,22+/m1/s1. The van der Waals surface area contributed by atoms with Gasteiger partial charge in [0.1, 0.15) is 31.3 Å². The average molecular weight is 421 g/mol. The monoisotopic (exact) mass is 421 g/mol. The number of benzene rings is 1. The second-order valence-corrected chi connectivity index (χ2v) is 8.19. The van der Waals surface area contributed by atoms with Crippen LogP contribution in [0.3, 0.4) is 0 Å². The molecule has 0 bridgehead atoms.